The van der Waals surface area contributed by atoms with Crippen LogP contribution in [0.25, 0.3) is 0 Å². The Morgan fingerprint density at radius 3 is 2.63 bits per heavy atom. The molecule has 1 aliphatic rings. The van der Waals surface area contributed by atoms with Gasteiger partial charge in [0.25, 0.3) is 0 Å². The summed E-state index contributed by atoms with van der Waals surface area (Å²) in [5.74, 6) is -5.04. The van der Waals surface area contributed by atoms with Gasteiger partial charge in [0.1, 0.15) is 0 Å². The Hall–Kier alpha value is -1.85. The smallest absolute Gasteiger partial charge is 0.305 e. The zero-order valence-corrected chi connectivity index (χ0v) is 16.2. The highest BCUT2D eigenvalue weighted by Crippen LogP contribution is 2.32. The van der Waals surface area contributed by atoms with Crippen LogP contribution in [-0.4, -0.2) is 30.6 Å². The van der Waals surface area contributed by atoms with E-state index in [1.165, 1.54) is 13.2 Å². The number of esters is 1. The maximum atomic E-state index is 13.8. The number of hydrogen-bond acceptors (Lipinski definition) is 4. The molecule has 0 spiro atoms. The van der Waals surface area contributed by atoms with Crippen molar-refractivity contribution in [1.82, 2.24) is 0 Å². The van der Waals surface area contributed by atoms with E-state index in [9.17, 15) is 23.2 Å². The second-order valence-corrected chi connectivity index (χ2v) is 6.98. The molecular formula is C21H30F2O4. The summed E-state index contributed by atoms with van der Waals surface area (Å²) in [5.41, 5.74) is 0. The van der Waals surface area contributed by atoms with Crippen molar-refractivity contribution in [2.24, 2.45) is 11.8 Å². The fraction of sp³-hybridized carbons (Fsp3) is 0.667. The molecule has 0 aromatic rings. The summed E-state index contributed by atoms with van der Waals surface area (Å²) in [6, 6.07) is 0. The van der Waals surface area contributed by atoms with Gasteiger partial charge >= 0.3 is 11.9 Å². The van der Waals surface area contributed by atoms with E-state index in [-0.39, 0.29) is 36.4 Å². The summed E-state index contributed by atoms with van der Waals surface area (Å²) < 4.78 is 32.1. The van der Waals surface area contributed by atoms with E-state index in [4.69, 9.17) is 0 Å². The third kappa shape index (κ3) is 8.14. The van der Waals surface area contributed by atoms with E-state index in [2.05, 4.69) is 4.74 Å². The molecule has 2 atom stereocenters. The van der Waals surface area contributed by atoms with Gasteiger partial charge in [0.05, 0.1) is 7.11 Å². The average Bonchev–Trinajstić information content (AvgIpc) is 3.00. The molecule has 1 aliphatic carbocycles. The van der Waals surface area contributed by atoms with Gasteiger partial charge in [0.2, 0.25) is 5.78 Å². The summed E-state index contributed by atoms with van der Waals surface area (Å²) in [5, 5.41) is 0. The molecule has 6 heteroatoms. The van der Waals surface area contributed by atoms with Gasteiger partial charge in [0, 0.05) is 25.2 Å². The molecule has 0 radical (unpaired) electrons. The summed E-state index contributed by atoms with van der Waals surface area (Å²) in [6.07, 6.45) is 9.85. The second kappa shape index (κ2) is 11.8. The van der Waals surface area contributed by atoms with E-state index in [1.807, 2.05) is 19.1 Å². The van der Waals surface area contributed by atoms with Crippen molar-refractivity contribution in [2.45, 2.75) is 70.6 Å². The third-order valence-electron chi connectivity index (χ3n) is 4.88. The quantitative estimate of drug-likeness (QED) is 0.259. The molecule has 0 saturated heterocycles. The van der Waals surface area contributed by atoms with E-state index in [1.54, 1.807) is 6.08 Å². The van der Waals surface area contributed by atoms with Crippen LogP contribution in [-0.2, 0) is 19.1 Å². The highest BCUT2D eigenvalue weighted by molar-refractivity contribution is 5.94. The highest BCUT2D eigenvalue weighted by Gasteiger charge is 2.38. The van der Waals surface area contributed by atoms with E-state index >= 15 is 0 Å². The molecule has 0 fully saturated rings. The number of methoxy groups -OCH3 is 1. The molecule has 0 aliphatic heterocycles. The highest BCUT2D eigenvalue weighted by atomic mass is 19.3. The van der Waals surface area contributed by atoms with Crippen molar-refractivity contribution in [3.05, 3.63) is 24.3 Å². The zero-order valence-electron chi connectivity index (χ0n) is 16.2. The number of rotatable bonds is 13. The van der Waals surface area contributed by atoms with Crippen LogP contribution >= 0.6 is 0 Å². The predicted octanol–water partition coefficient (Wildman–Crippen LogP) is 4.82. The van der Waals surface area contributed by atoms with Crippen LogP contribution in [0.1, 0.15) is 64.7 Å². The molecule has 1 rings (SSSR count). The molecule has 0 heterocycles. The molecular weight excluding hydrogens is 354 g/mol. The number of carbonyl (C=O) groups is 3. The lowest BCUT2D eigenvalue weighted by atomic mass is 9.86. The lowest BCUT2D eigenvalue weighted by Gasteiger charge is -2.19. The molecule has 0 bridgehead atoms. The molecule has 0 N–H and O–H groups in total. The Morgan fingerprint density at radius 2 is 1.96 bits per heavy atom. The Morgan fingerprint density at radius 1 is 1.22 bits per heavy atom. The number of Topliss-reactive ketones (excluding diaryl/α,β-unsaturated/α-hetero) is 1. The first kappa shape index (κ1) is 23.2. The minimum absolute atomic E-state index is 0.0237. The van der Waals surface area contributed by atoms with Crippen LogP contribution in [0.2, 0.25) is 0 Å². The maximum absolute atomic E-state index is 13.8. The van der Waals surface area contributed by atoms with Crippen molar-refractivity contribution in [1.29, 1.82) is 0 Å². The fourth-order valence-corrected chi connectivity index (χ4v) is 3.12. The number of halogens is 2. The van der Waals surface area contributed by atoms with Gasteiger partial charge < -0.3 is 4.74 Å². The molecule has 0 unspecified atom stereocenters. The molecule has 27 heavy (non-hydrogen) atoms. The van der Waals surface area contributed by atoms with Crippen LogP contribution in [0.15, 0.2) is 24.3 Å². The third-order valence-corrected chi connectivity index (χ3v) is 4.88. The van der Waals surface area contributed by atoms with E-state index < -0.39 is 18.1 Å². The van der Waals surface area contributed by atoms with Crippen molar-refractivity contribution in [3.63, 3.8) is 0 Å². The van der Waals surface area contributed by atoms with Crippen LogP contribution in [0.5, 0.6) is 0 Å². The van der Waals surface area contributed by atoms with Gasteiger partial charge in [-0.15, -0.1) is 0 Å². The lowest BCUT2D eigenvalue weighted by molar-refractivity contribution is -0.144. The topological polar surface area (TPSA) is 60.4 Å². The van der Waals surface area contributed by atoms with Crippen LogP contribution < -0.4 is 0 Å². The first-order chi connectivity index (χ1) is 12.8. The van der Waals surface area contributed by atoms with Gasteiger partial charge in [-0.3, -0.25) is 14.4 Å². The second-order valence-electron chi connectivity index (χ2n) is 6.98. The van der Waals surface area contributed by atoms with Crippen molar-refractivity contribution >= 4 is 17.5 Å². The summed E-state index contributed by atoms with van der Waals surface area (Å²) in [7, 11) is 1.35. The van der Waals surface area contributed by atoms with Crippen LogP contribution in [0, 0.1) is 11.8 Å². The molecule has 0 aromatic heterocycles. The Labute approximate surface area is 160 Å². The predicted molar refractivity (Wildman–Crippen MR) is 99.5 cm³/mol. The molecule has 0 aromatic carbocycles. The largest absolute Gasteiger partial charge is 0.469 e. The number of alkyl halides is 2. The molecule has 0 saturated carbocycles. The van der Waals surface area contributed by atoms with Crippen molar-refractivity contribution in [3.8, 4) is 0 Å². The molecule has 4 nitrogen and oxygen atoms in total. The van der Waals surface area contributed by atoms with Crippen molar-refractivity contribution in [2.75, 3.05) is 7.11 Å². The lowest BCUT2D eigenvalue weighted by Crippen LogP contribution is -2.29. The SMILES string of the molecule is CCCCC(F)(F)C(=O)CC[C@H]1C=CC(=O)[C@@H]1C/C=C\CCCC(=O)OC. The normalized spacial score (nSPS) is 19.8. The van der Waals surface area contributed by atoms with E-state index in [0.717, 1.165) is 0 Å². The van der Waals surface area contributed by atoms with Gasteiger partial charge in [-0.2, -0.15) is 8.78 Å². The number of allylic oxidation sites excluding steroid dienone is 4. The number of ether oxygens (including phenoxy) is 1. The maximum Gasteiger partial charge on any atom is 0.305 e. The number of hydrogen-bond donors (Lipinski definition) is 0. The minimum atomic E-state index is -3.27. The van der Waals surface area contributed by atoms with E-state index in [0.29, 0.717) is 38.5 Å². The van der Waals surface area contributed by atoms with Crippen LogP contribution in [0.4, 0.5) is 8.78 Å². The first-order valence-electron chi connectivity index (χ1n) is 9.66. The van der Waals surface area contributed by atoms with Gasteiger partial charge in [0.15, 0.2) is 5.78 Å². The number of unbranched alkanes of at least 4 members (excludes halogenated alkanes) is 2. The number of carbonyl (C=O) groups excluding carboxylic acids is 3. The summed E-state index contributed by atoms with van der Waals surface area (Å²) in [4.78, 5) is 34.8. The zero-order chi connectivity index (χ0) is 20.3. The Bertz CT molecular complexity index is 567. The van der Waals surface area contributed by atoms with Gasteiger partial charge in [-0.05, 0) is 44.1 Å². The summed E-state index contributed by atoms with van der Waals surface area (Å²) in [6.45, 7) is 1.81. The summed E-state index contributed by atoms with van der Waals surface area (Å²) >= 11 is 0. The first-order valence-corrected chi connectivity index (χ1v) is 9.66. The van der Waals surface area contributed by atoms with Crippen LogP contribution in [0.3, 0.4) is 0 Å². The molecule has 152 valence electrons. The number of ketones is 2. The minimum Gasteiger partial charge on any atom is -0.469 e. The molecule has 0 amide bonds. The van der Waals surface area contributed by atoms with Crippen molar-refractivity contribution < 1.29 is 27.9 Å². The standard InChI is InChI=1S/C21H30F2O4/c1-3-4-15-21(22,23)19(25)14-12-16-11-13-18(24)17(16)9-7-5-6-8-10-20(26)27-2/h5,7,11,13,16-17H,3-4,6,8-10,12,14-15H2,1-2H3/b7-5-/t16-,17-/m1/s1. The Balaban J connectivity index is 2.42. The fourth-order valence-electron chi connectivity index (χ4n) is 3.12. The average molecular weight is 384 g/mol. The Kier molecular flexibility index (Phi) is 10.1. The van der Waals surface area contributed by atoms with Gasteiger partial charge in [-0.1, -0.05) is 31.6 Å². The monoisotopic (exact) mass is 384 g/mol. The van der Waals surface area contributed by atoms with Gasteiger partial charge in [-0.25, -0.2) is 0 Å².